The maximum Gasteiger partial charge on any atom is 0.0404 e. The number of alkyl halides is 1. The smallest absolute Gasteiger partial charge is 0.0404 e. The van der Waals surface area contributed by atoms with Crippen LogP contribution < -0.4 is 0 Å². The van der Waals surface area contributed by atoms with E-state index in [9.17, 15) is 0 Å². The first-order valence-corrected chi connectivity index (χ1v) is 8.08. The van der Waals surface area contributed by atoms with Crippen molar-refractivity contribution in [1.29, 1.82) is 0 Å². The number of hydrogen-bond donors (Lipinski definition) is 0. The summed E-state index contributed by atoms with van der Waals surface area (Å²) in [5.74, 6) is 1.59. The fraction of sp³-hybridized carbons (Fsp3) is 0.667. The lowest BCUT2D eigenvalue weighted by Crippen LogP contribution is -2.29. The molecule has 1 aromatic carbocycles. The van der Waals surface area contributed by atoms with Gasteiger partial charge in [-0.1, -0.05) is 51.1 Å². The van der Waals surface area contributed by atoms with Crippen molar-refractivity contribution in [3.8, 4) is 0 Å². The molecule has 0 aliphatic heterocycles. The number of benzene rings is 1. The largest absolute Gasteiger partial charge is 0.122 e. The molecule has 0 saturated heterocycles. The van der Waals surface area contributed by atoms with Crippen LogP contribution in [0.3, 0.4) is 0 Å². The second-order valence-corrected chi connectivity index (χ2v) is 7.74. The van der Waals surface area contributed by atoms with Gasteiger partial charge in [0.25, 0.3) is 0 Å². The minimum Gasteiger partial charge on any atom is -0.122 e. The molecule has 0 amide bonds. The Morgan fingerprint density at radius 2 is 1.63 bits per heavy atom. The fourth-order valence-corrected chi connectivity index (χ4v) is 3.78. The molecule has 19 heavy (non-hydrogen) atoms. The minimum atomic E-state index is 0.309. The van der Waals surface area contributed by atoms with Gasteiger partial charge in [0.15, 0.2) is 0 Å². The Balaban J connectivity index is 1.84. The molecular formula is C18H27Cl. The van der Waals surface area contributed by atoms with E-state index in [1.54, 1.807) is 0 Å². The van der Waals surface area contributed by atoms with Crippen LogP contribution in [-0.4, -0.2) is 5.38 Å². The maximum atomic E-state index is 6.66. The van der Waals surface area contributed by atoms with Crippen molar-refractivity contribution < 1.29 is 0 Å². The van der Waals surface area contributed by atoms with E-state index in [1.807, 2.05) is 0 Å². The van der Waals surface area contributed by atoms with Crippen LogP contribution in [0.1, 0.15) is 52.0 Å². The Kier molecular flexibility index (Phi) is 4.95. The van der Waals surface area contributed by atoms with Crippen molar-refractivity contribution in [3.63, 3.8) is 0 Å². The Morgan fingerprint density at radius 3 is 2.16 bits per heavy atom. The van der Waals surface area contributed by atoms with E-state index in [0.717, 1.165) is 12.3 Å². The average Bonchev–Trinajstić information content (AvgIpc) is 2.39. The molecule has 0 radical (unpaired) electrons. The summed E-state index contributed by atoms with van der Waals surface area (Å²) in [4.78, 5) is 0. The van der Waals surface area contributed by atoms with Gasteiger partial charge in [0.1, 0.15) is 0 Å². The van der Waals surface area contributed by atoms with Gasteiger partial charge in [0.05, 0.1) is 0 Å². The topological polar surface area (TPSA) is 0 Å². The van der Waals surface area contributed by atoms with E-state index in [-0.39, 0.29) is 0 Å². The molecule has 1 aliphatic carbocycles. The number of halogens is 1. The molecule has 1 saturated carbocycles. The SMILES string of the molecule is CC(C)(C)C1CCC(C(Cl)Cc2ccccc2)CC1. The van der Waals surface area contributed by atoms with Crippen LogP contribution in [0.2, 0.25) is 0 Å². The van der Waals surface area contributed by atoms with Crippen molar-refractivity contribution in [2.45, 2.75) is 58.3 Å². The molecule has 0 heterocycles. The number of hydrogen-bond acceptors (Lipinski definition) is 0. The zero-order valence-corrected chi connectivity index (χ0v) is 13.3. The monoisotopic (exact) mass is 278 g/mol. The number of rotatable bonds is 3. The second-order valence-electron chi connectivity index (χ2n) is 7.18. The molecule has 1 atom stereocenters. The van der Waals surface area contributed by atoms with Gasteiger partial charge in [0.2, 0.25) is 0 Å². The maximum absolute atomic E-state index is 6.66. The molecule has 0 bridgehead atoms. The quantitative estimate of drug-likeness (QED) is 0.623. The van der Waals surface area contributed by atoms with Gasteiger partial charge in [-0.15, -0.1) is 11.6 Å². The standard InChI is InChI=1S/C18H27Cl/c1-18(2,3)16-11-9-15(10-12-16)17(19)13-14-7-5-4-6-8-14/h4-8,15-17H,9-13H2,1-3H3. The first-order valence-electron chi connectivity index (χ1n) is 7.65. The van der Waals surface area contributed by atoms with Crippen molar-refractivity contribution in [3.05, 3.63) is 35.9 Å². The zero-order valence-electron chi connectivity index (χ0n) is 12.5. The van der Waals surface area contributed by atoms with Gasteiger partial charge in [-0.3, -0.25) is 0 Å². The van der Waals surface area contributed by atoms with Crippen molar-refractivity contribution in [1.82, 2.24) is 0 Å². The molecule has 2 rings (SSSR count). The molecule has 0 aromatic heterocycles. The zero-order chi connectivity index (χ0) is 13.9. The van der Waals surface area contributed by atoms with Gasteiger partial charge in [-0.05, 0) is 54.9 Å². The Bertz CT molecular complexity index is 368. The lowest BCUT2D eigenvalue weighted by atomic mass is 9.69. The molecular weight excluding hydrogens is 252 g/mol. The highest BCUT2D eigenvalue weighted by atomic mass is 35.5. The molecule has 1 aliphatic rings. The fourth-order valence-electron chi connectivity index (χ4n) is 3.35. The lowest BCUT2D eigenvalue weighted by Gasteiger charge is -2.38. The van der Waals surface area contributed by atoms with Crippen LogP contribution in [0.4, 0.5) is 0 Å². The first-order chi connectivity index (χ1) is 8.97. The summed E-state index contributed by atoms with van der Waals surface area (Å²) in [7, 11) is 0. The van der Waals surface area contributed by atoms with Crippen LogP contribution in [-0.2, 0) is 6.42 Å². The molecule has 0 nitrogen and oxygen atoms in total. The Labute approximate surface area is 123 Å². The van der Waals surface area contributed by atoms with Gasteiger partial charge in [0, 0.05) is 5.38 Å². The van der Waals surface area contributed by atoms with Gasteiger partial charge in [-0.2, -0.15) is 0 Å². The van der Waals surface area contributed by atoms with Crippen molar-refractivity contribution in [2.75, 3.05) is 0 Å². The normalized spacial score (nSPS) is 26.1. The van der Waals surface area contributed by atoms with Crippen molar-refractivity contribution >= 4 is 11.6 Å². The summed E-state index contributed by atoms with van der Waals surface area (Å²) < 4.78 is 0. The van der Waals surface area contributed by atoms with Gasteiger partial charge < -0.3 is 0 Å². The van der Waals surface area contributed by atoms with E-state index < -0.39 is 0 Å². The van der Waals surface area contributed by atoms with Crippen molar-refractivity contribution in [2.24, 2.45) is 17.3 Å². The highest BCUT2D eigenvalue weighted by Gasteiger charge is 2.32. The van der Waals surface area contributed by atoms with Crippen LogP contribution in [0.15, 0.2) is 30.3 Å². The summed E-state index contributed by atoms with van der Waals surface area (Å²) in [6.45, 7) is 7.13. The summed E-state index contributed by atoms with van der Waals surface area (Å²) in [6, 6.07) is 10.7. The van der Waals surface area contributed by atoms with Crippen LogP contribution in [0.5, 0.6) is 0 Å². The summed E-state index contributed by atoms with van der Waals surface area (Å²) in [6.07, 6.45) is 6.34. The van der Waals surface area contributed by atoms with E-state index in [2.05, 4.69) is 51.1 Å². The Morgan fingerprint density at radius 1 is 1.05 bits per heavy atom. The van der Waals surface area contributed by atoms with E-state index >= 15 is 0 Å². The first kappa shape index (κ1) is 14.9. The third-order valence-corrected chi connectivity index (χ3v) is 5.29. The average molecular weight is 279 g/mol. The molecule has 1 unspecified atom stereocenters. The van der Waals surface area contributed by atoms with Crippen LogP contribution in [0.25, 0.3) is 0 Å². The second kappa shape index (κ2) is 6.31. The third-order valence-electron chi connectivity index (χ3n) is 4.78. The molecule has 106 valence electrons. The Hall–Kier alpha value is -0.490. The van der Waals surface area contributed by atoms with E-state index in [0.29, 0.717) is 16.7 Å². The third kappa shape index (κ3) is 4.24. The summed E-state index contributed by atoms with van der Waals surface area (Å²) >= 11 is 6.66. The van der Waals surface area contributed by atoms with Crippen LogP contribution >= 0.6 is 11.6 Å². The minimum absolute atomic E-state index is 0.309. The summed E-state index contributed by atoms with van der Waals surface area (Å²) in [5, 5.41) is 0.309. The molecule has 1 aromatic rings. The van der Waals surface area contributed by atoms with Crippen LogP contribution in [0, 0.1) is 17.3 Å². The van der Waals surface area contributed by atoms with Gasteiger partial charge in [-0.25, -0.2) is 0 Å². The molecule has 1 fully saturated rings. The van der Waals surface area contributed by atoms with E-state index in [4.69, 9.17) is 11.6 Å². The molecule has 0 N–H and O–H groups in total. The predicted molar refractivity (Wildman–Crippen MR) is 84.7 cm³/mol. The molecule has 0 spiro atoms. The van der Waals surface area contributed by atoms with Gasteiger partial charge >= 0.3 is 0 Å². The highest BCUT2D eigenvalue weighted by molar-refractivity contribution is 6.20. The highest BCUT2D eigenvalue weighted by Crippen LogP contribution is 2.41. The molecule has 1 heteroatoms. The lowest BCUT2D eigenvalue weighted by molar-refractivity contribution is 0.148. The van der Waals surface area contributed by atoms with E-state index in [1.165, 1.54) is 31.2 Å². The predicted octanol–water partition coefficient (Wildman–Crippen LogP) is 5.69. The summed E-state index contributed by atoms with van der Waals surface area (Å²) in [5.41, 5.74) is 1.84.